The van der Waals surface area contributed by atoms with Crippen molar-refractivity contribution in [3.8, 4) is 0 Å². The van der Waals surface area contributed by atoms with E-state index in [-0.39, 0.29) is 0 Å². The minimum absolute atomic E-state index is 0.691. The number of ether oxygens (including phenoxy) is 15. The molecule has 35 atom stereocenters. The van der Waals surface area contributed by atoms with Gasteiger partial charge in [0.15, 0.2) is 44.0 Å². The number of hydrogen-bond acceptors (Lipinski definition) is 36. The lowest BCUT2D eigenvalue weighted by molar-refractivity contribution is -0.396. The zero-order chi connectivity index (χ0) is 61.5. The van der Waals surface area contributed by atoms with Gasteiger partial charge in [-0.25, -0.2) is 4.79 Å². The van der Waals surface area contributed by atoms with Gasteiger partial charge in [-0.3, -0.25) is 0 Å². The van der Waals surface area contributed by atoms with Crippen molar-refractivity contribution < 1.29 is 178 Å². The molecule has 21 rings (SSSR count). The number of alkyl carbamates (subject to hydrolysis) is 1. The molecule has 21 aliphatic rings. The molecule has 0 aromatic carbocycles. The first kappa shape index (κ1) is 67.8. The predicted molar refractivity (Wildman–Crippen MR) is 256 cm³/mol. The van der Waals surface area contributed by atoms with Gasteiger partial charge in [0.1, 0.15) is 177 Å². The van der Waals surface area contributed by atoms with Crippen molar-refractivity contribution in [3.05, 3.63) is 0 Å². The molecule has 0 radical (unpaired) electrons. The summed E-state index contributed by atoms with van der Waals surface area (Å²) in [5.41, 5.74) is -1.06. The number of carbonyl (C=O) groups excluding carboxylic acids is 1. The zero-order valence-electron chi connectivity index (χ0n) is 45.1. The van der Waals surface area contributed by atoms with Crippen molar-refractivity contribution in [2.75, 3.05) is 46.2 Å². The van der Waals surface area contributed by atoms with Crippen LogP contribution in [0.15, 0.2) is 0 Å². The SMILES string of the molecule is CC(C)(C)OC(=O)NC[C@H]1O[C@@H]2O[C@H]3[C@H](O)[C@@H](O)[C@@H](O[C@H]4[C@H](O)[C@@H](O)[C@@H](O[C@H]5[C@H](O)[C@@H](O)[C@@H](O[C@H]6[C@H](O)[C@@H](O)[C@@H](O[C@H]7[C@H](O)[C@@H](O)[C@@H](O[C@H]8[C@H](O)[C@@H](O)[C@@H](O[C@H]1[C@H](O)[C@H]2O)O[C@@H]8CO)O[C@@H]7CO)O[C@@H]6CO)O[C@@H]5CO)O[C@@H]4CO)O[C@@H]3CO. The van der Waals surface area contributed by atoms with Gasteiger partial charge >= 0.3 is 6.09 Å². The smallest absolute Gasteiger partial charge is 0.407 e. The summed E-state index contributed by atoms with van der Waals surface area (Å²) in [6.45, 7) is -2.48. The Bertz CT molecular complexity index is 2050. The molecule has 0 aromatic heterocycles. The molecular formula is C47H79NO36. The van der Waals surface area contributed by atoms with Gasteiger partial charge in [-0.1, -0.05) is 0 Å². The molecule has 37 heteroatoms. The van der Waals surface area contributed by atoms with Crippen LogP contribution in [0.3, 0.4) is 0 Å². The number of rotatable bonds is 8. The summed E-state index contributed by atoms with van der Waals surface area (Å²) in [7, 11) is 0. The van der Waals surface area contributed by atoms with Crippen molar-refractivity contribution in [1.82, 2.24) is 5.32 Å². The molecular weight excluding hydrogens is 1150 g/mol. The third-order valence-corrected chi connectivity index (χ3v) is 15.4. The van der Waals surface area contributed by atoms with Gasteiger partial charge in [0.05, 0.1) is 39.6 Å². The van der Waals surface area contributed by atoms with Crippen LogP contribution in [-0.4, -0.2) is 375 Å². The monoisotopic (exact) mass is 1230 g/mol. The van der Waals surface area contributed by atoms with Crippen LogP contribution < -0.4 is 5.32 Å². The van der Waals surface area contributed by atoms with Crippen LogP contribution in [0.5, 0.6) is 0 Å². The summed E-state index contributed by atoms with van der Waals surface area (Å²) < 4.78 is 85.9. The van der Waals surface area contributed by atoms with Crippen LogP contribution in [-0.2, 0) is 71.1 Å². The number of aliphatic hydroxyl groups excluding tert-OH is 20. The highest BCUT2D eigenvalue weighted by Gasteiger charge is 2.59. The predicted octanol–water partition coefficient (Wildman–Crippen LogP) is -13.7. The van der Waals surface area contributed by atoms with E-state index >= 15 is 0 Å². The topological polar surface area (TPSA) is 572 Å². The summed E-state index contributed by atoms with van der Waals surface area (Å²) in [4.78, 5) is 12.9. The quantitative estimate of drug-likeness (QED) is 0.107. The molecule has 0 unspecified atom stereocenters. The molecule has 37 nitrogen and oxygen atoms in total. The second-order valence-electron chi connectivity index (χ2n) is 22.4. The highest BCUT2D eigenvalue weighted by Crippen LogP contribution is 2.39. The Labute approximate surface area is 476 Å². The Morgan fingerprint density at radius 3 is 0.631 bits per heavy atom. The van der Waals surface area contributed by atoms with Gasteiger partial charge in [0.25, 0.3) is 0 Å². The van der Waals surface area contributed by atoms with E-state index in [1.807, 2.05) is 0 Å². The van der Waals surface area contributed by atoms with Gasteiger partial charge in [0.2, 0.25) is 0 Å². The second kappa shape index (κ2) is 28.4. The molecule has 0 aliphatic carbocycles. The molecule has 488 valence electrons. The lowest BCUT2D eigenvalue weighted by Crippen LogP contribution is -2.68. The van der Waals surface area contributed by atoms with Crippen molar-refractivity contribution in [3.63, 3.8) is 0 Å². The lowest BCUT2D eigenvalue weighted by atomic mass is 9.95. The Morgan fingerprint density at radius 1 is 0.298 bits per heavy atom. The molecule has 0 saturated carbocycles. The summed E-state index contributed by atoms with van der Waals surface area (Å²) in [6, 6.07) is 0. The fourth-order valence-electron chi connectivity index (χ4n) is 10.9. The van der Waals surface area contributed by atoms with Gasteiger partial charge in [0, 0.05) is 6.54 Å². The summed E-state index contributed by atoms with van der Waals surface area (Å²) in [5, 5.41) is 225. The van der Waals surface area contributed by atoms with Gasteiger partial charge in [-0.15, -0.1) is 0 Å². The first-order valence-electron chi connectivity index (χ1n) is 27.0. The van der Waals surface area contributed by atoms with E-state index in [2.05, 4.69) is 5.32 Å². The van der Waals surface area contributed by atoms with E-state index in [9.17, 15) is 107 Å². The van der Waals surface area contributed by atoms with Crippen LogP contribution in [0.4, 0.5) is 4.79 Å². The van der Waals surface area contributed by atoms with E-state index < -0.39 is 273 Å². The molecule has 21 fully saturated rings. The fourth-order valence-corrected chi connectivity index (χ4v) is 10.9. The van der Waals surface area contributed by atoms with Gasteiger partial charge < -0.3 is 179 Å². The molecule has 84 heavy (non-hydrogen) atoms. The first-order valence-corrected chi connectivity index (χ1v) is 27.0. The highest BCUT2D eigenvalue weighted by atomic mass is 16.8. The Hall–Kier alpha value is -2.09. The number of aliphatic hydroxyl groups is 20. The van der Waals surface area contributed by atoms with E-state index in [1.165, 1.54) is 20.8 Å². The van der Waals surface area contributed by atoms with Crippen LogP contribution in [0.1, 0.15) is 20.8 Å². The van der Waals surface area contributed by atoms with E-state index in [0.717, 1.165) is 0 Å². The van der Waals surface area contributed by atoms with Crippen molar-refractivity contribution in [2.24, 2.45) is 0 Å². The van der Waals surface area contributed by atoms with Gasteiger partial charge in [-0.05, 0) is 20.8 Å². The molecule has 0 aromatic rings. The maximum Gasteiger partial charge on any atom is 0.407 e. The number of carbonyl (C=O) groups is 1. The minimum Gasteiger partial charge on any atom is -0.444 e. The maximum atomic E-state index is 12.9. The molecule has 21 N–H and O–H groups in total. The third-order valence-electron chi connectivity index (χ3n) is 15.4. The average Bonchev–Trinajstić information content (AvgIpc) is 1.85. The number of nitrogens with one attached hydrogen (secondary N) is 1. The Balaban J connectivity index is 1.10. The maximum absolute atomic E-state index is 12.9. The largest absolute Gasteiger partial charge is 0.444 e. The lowest BCUT2D eigenvalue weighted by Gasteiger charge is -2.50. The van der Waals surface area contributed by atoms with E-state index in [4.69, 9.17) is 71.1 Å². The van der Waals surface area contributed by atoms with E-state index in [1.54, 1.807) is 0 Å². The first-order chi connectivity index (χ1) is 39.7. The molecule has 0 spiro atoms. The Morgan fingerprint density at radius 2 is 0.464 bits per heavy atom. The molecule has 14 bridgehead atoms. The normalized spacial score (nSPS) is 51.8. The molecule has 21 aliphatic heterocycles. The summed E-state index contributed by atoms with van der Waals surface area (Å²) >= 11 is 0. The van der Waals surface area contributed by atoms with Crippen LogP contribution in [0.2, 0.25) is 0 Å². The average molecular weight is 1230 g/mol. The minimum atomic E-state index is -2.26. The van der Waals surface area contributed by atoms with Crippen LogP contribution in [0, 0.1) is 0 Å². The number of hydrogen-bond donors (Lipinski definition) is 21. The van der Waals surface area contributed by atoms with Crippen molar-refractivity contribution >= 4 is 6.09 Å². The summed E-state index contributed by atoms with van der Waals surface area (Å²) in [6.07, 6.45) is -72.3. The second-order valence-corrected chi connectivity index (χ2v) is 22.4. The number of amides is 1. The molecule has 21 heterocycles. The van der Waals surface area contributed by atoms with Crippen molar-refractivity contribution in [2.45, 2.75) is 241 Å². The van der Waals surface area contributed by atoms with Gasteiger partial charge in [-0.2, -0.15) is 0 Å². The van der Waals surface area contributed by atoms with Crippen molar-refractivity contribution in [1.29, 1.82) is 0 Å². The fraction of sp³-hybridized carbons (Fsp3) is 0.979. The Kier molecular flexibility index (Phi) is 22.9. The van der Waals surface area contributed by atoms with Crippen LogP contribution in [0.25, 0.3) is 0 Å². The van der Waals surface area contributed by atoms with E-state index in [0.29, 0.717) is 0 Å². The zero-order valence-corrected chi connectivity index (χ0v) is 45.1. The van der Waals surface area contributed by atoms with Crippen LogP contribution >= 0.6 is 0 Å². The highest BCUT2D eigenvalue weighted by molar-refractivity contribution is 5.67. The standard InChI is InChI=1S/C47H79NO36/c1-47(2,3)84-46(69)48-4-11-32-18(55)25(62)39(70-11)78-33-12(5-49)72-41(27(64)20(33)57)80-35-14(7-51)74-43(29(66)22(35)59)82-37-16(9-53)76-45(31(68)24(37)61)83-38-17(10-54)75-44(30(67)23(38)60)81-36-15(8-52)73-42(28(65)21(36)58)79-34-13(6-50)71-40(77-32)26(63)19(34)56/h11-45,49-68H,4-10H2,1-3H3,(H,48,69)/t11-,12-,13-,14-,15-,16-,17-,18-,19-,20-,21-,22-,23-,24-,25-,26-,27-,28-,29-,30-,31-,32-,33-,34-,35-,36-,37-,38-,39-,40-,41-,42-,43-,44-,45-/m1/s1. The third kappa shape index (κ3) is 14.1. The molecule has 21 saturated heterocycles. The summed E-state index contributed by atoms with van der Waals surface area (Å²) in [5.74, 6) is 0. The molecule has 1 amide bonds.